The summed E-state index contributed by atoms with van der Waals surface area (Å²) in [6, 6.07) is 2.96. The minimum Gasteiger partial charge on any atom is -0.486 e. The highest BCUT2D eigenvalue weighted by Crippen LogP contribution is 2.33. The molecule has 0 amide bonds. The van der Waals surface area contributed by atoms with E-state index in [9.17, 15) is 9.18 Å². The van der Waals surface area contributed by atoms with Crippen molar-refractivity contribution in [2.45, 2.75) is 12.5 Å². The van der Waals surface area contributed by atoms with Gasteiger partial charge in [0.1, 0.15) is 12.1 Å². The lowest BCUT2D eigenvalue weighted by Crippen LogP contribution is -2.39. The Balaban J connectivity index is 1.73. The van der Waals surface area contributed by atoms with Gasteiger partial charge in [0, 0.05) is 19.2 Å². The van der Waals surface area contributed by atoms with E-state index in [0.717, 1.165) is 25.7 Å². The Hall–Kier alpha value is -1.99. The standard InChI is InChI=1S/C16H19FN4O2/c17-12-6-19-13-1-2-14(22)21-11(9-23-16(12)15(13)21)8-20-4-3-10(5-18)7-20/h1-2,6,10-11H,3-5,7-9,18H2/t10-,11-/m1/s1. The number of hydrogen-bond donors (Lipinski definition) is 1. The number of aromatic nitrogens is 2. The third-order valence-electron chi connectivity index (χ3n) is 4.81. The second-order valence-corrected chi connectivity index (χ2v) is 6.33. The van der Waals surface area contributed by atoms with Gasteiger partial charge in [-0.1, -0.05) is 0 Å². The number of nitrogens with two attached hydrogens (primary N) is 1. The highest BCUT2D eigenvalue weighted by Gasteiger charge is 2.30. The summed E-state index contributed by atoms with van der Waals surface area (Å²) in [4.78, 5) is 18.8. The van der Waals surface area contributed by atoms with Gasteiger partial charge in [-0.3, -0.25) is 14.3 Å². The summed E-state index contributed by atoms with van der Waals surface area (Å²) in [5.74, 6) is 0.114. The smallest absolute Gasteiger partial charge is 0.251 e. The molecule has 0 aromatic carbocycles. The van der Waals surface area contributed by atoms with Gasteiger partial charge in [0.05, 0.1) is 17.8 Å². The molecule has 0 bridgehead atoms. The van der Waals surface area contributed by atoms with Crippen LogP contribution in [0.25, 0.3) is 11.0 Å². The van der Waals surface area contributed by atoms with Crippen LogP contribution in [0.15, 0.2) is 23.1 Å². The van der Waals surface area contributed by atoms with Crippen molar-refractivity contribution in [3.63, 3.8) is 0 Å². The van der Waals surface area contributed by atoms with Crippen molar-refractivity contribution in [3.05, 3.63) is 34.5 Å². The van der Waals surface area contributed by atoms with Gasteiger partial charge >= 0.3 is 0 Å². The summed E-state index contributed by atoms with van der Waals surface area (Å²) >= 11 is 0. The van der Waals surface area contributed by atoms with E-state index in [2.05, 4.69) is 9.88 Å². The quantitative estimate of drug-likeness (QED) is 0.904. The van der Waals surface area contributed by atoms with Crippen LogP contribution in [0.5, 0.6) is 5.75 Å². The summed E-state index contributed by atoms with van der Waals surface area (Å²) in [6.07, 6.45) is 2.22. The number of halogens is 1. The number of nitrogens with zero attached hydrogens (tertiary/aromatic N) is 3. The number of rotatable bonds is 3. The van der Waals surface area contributed by atoms with E-state index in [1.807, 2.05) is 0 Å². The molecule has 122 valence electrons. The van der Waals surface area contributed by atoms with Gasteiger partial charge in [-0.05, 0) is 31.5 Å². The Morgan fingerprint density at radius 2 is 2.30 bits per heavy atom. The molecule has 2 aromatic heterocycles. The number of likely N-dealkylation sites (tertiary alicyclic amines) is 1. The van der Waals surface area contributed by atoms with E-state index in [1.165, 1.54) is 6.07 Å². The average Bonchev–Trinajstić information content (AvgIpc) is 3.01. The van der Waals surface area contributed by atoms with Gasteiger partial charge in [-0.15, -0.1) is 0 Å². The maximum Gasteiger partial charge on any atom is 0.251 e. The second-order valence-electron chi connectivity index (χ2n) is 6.33. The molecule has 0 spiro atoms. The Bertz CT molecular complexity index is 807. The Kier molecular flexibility index (Phi) is 3.54. The lowest BCUT2D eigenvalue weighted by molar-refractivity contribution is 0.177. The van der Waals surface area contributed by atoms with Gasteiger partial charge in [0.15, 0.2) is 11.6 Å². The molecule has 4 heterocycles. The van der Waals surface area contributed by atoms with E-state index >= 15 is 0 Å². The fraction of sp³-hybridized carbons (Fsp3) is 0.500. The molecule has 2 aromatic rings. The molecule has 4 rings (SSSR count). The molecule has 23 heavy (non-hydrogen) atoms. The van der Waals surface area contributed by atoms with E-state index in [-0.39, 0.29) is 24.0 Å². The SMILES string of the molecule is NC[C@H]1CCN(C[C@@H]2COc3c(F)cnc4ccc(=O)n2c34)C1. The van der Waals surface area contributed by atoms with Crippen LogP contribution < -0.4 is 16.0 Å². The molecule has 2 aliphatic heterocycles. The van der Waals surface area contributed by atoms with Crippen LogP contribution in [0.4, 0.5) is 4.39 Å². The first kappa shape index (κ1) is 14.6. The first-order valence-electron chi connectivity index (χ1n) is 7.92. The molecule has 1 fully saturated rings. The van der Waals surface area contributed by atoms with Crippen LogP contribution in [0.1, 0.15) is 12.5 Å². The van der Waals surface area contributed by atoms with Crippen molar-refractivity contribution in [1.82, 2.24) is 14.5 Å². The van der Waals surface area contributed by atoms with Crippen molar-refractivity contribution in [2.75, 3.05) is 32.8 Å². The van der Waals surface area contributed by atoms with Gasteiger partial charge in [0.25, 0.3) is 5.56 Å². The molecule has 2 aliphatic rings. The number of ether oxygens (including phenoxy) is 1. The van der Waals surface area contributed by atoms with E-state index in [1.54, 1.807) is 10.6 Å². The van der Waals surface area contributed by atoms with Crippen LogP contribution in [0, 0.1) is 11.7 Å². The third kappa shape index (κ3) is 2.40. The fourth-order valence-electron chi connectivity index (χ4n) is 3.63. The van der Waals surface area contributed by atoms with Crippen molar-refractivity contribution < 1.29 is 9.13 Å². The van der Waals surface area contributed by atoms with Crippen LogP contribution in [-0.4, -0.2) is 47.2 Å². The molecule has 0 unspecified atom stereocenters. The monoisotopic (exact) mass is 318 g/mol. The maximum absolute atomic E-state index is 14.0. The summed E-state index contributed by atoms with van der Waals surface area (Å²) < 4.78 is 21.2. The normalized spacial score (nSPS) is 24.1. The lowest BCUT2D eigenvalue weighted by atomic mass is 10.1. The first-order valence-corrected chi connectivity index (χ1v) is 7.92. The molecule has 0 aliphatic carbocycles. The minimum absolute atomic E-state index is 0.130. The van der Waals surface area contributed by atoms with Crippen LogP contribution in [0.3, 0.4) is 0 Å². The van der Waals surface area contributed by atoms with E-state index in [0.29, 0.717) is 30.0 Å². The lowest BCUT2D eigenvalue weighted by Gasteiger charge is -2.30. The summed E-state index contributed by atoms with van der Waals surface area (Å²) in [6.45, 7) is 3.58. The van der Waals surface area contributed by atoms with Crippen LogP contribution in [0.2, 0.25) is 0 Å². The predicted molar refractivity (Wildman–Crippen MR) is 84.1 cm³/mol. The molecule has 2 atom stereocenters. The second kappa shape index (κ2) is 5.58. The Labute approximate surface area is 132 Å². The molecule has 1 saturated heterocycles. The molecule has 6 nitrogen and oxygen atoms in total. The van der Waals surface area contributed by atoms with Gasteiger partial charge in [-0.25, -0.2) is 4.39 Å². The highest BCUT2D eigenvalue weighted by molar-refractivity contribution is 5.82. The fourth-order valence-corrected chi connectivity index (χ4v) is 3.63. The maximum atomic E-state index is 14.0. The Morgan fingerprint density at radius 1 is 1.43 bits per heavy atom. The number of pyridine rings is 2. The molecular formula is C16H19FN4O2. The van der Waals surface area contributed by atoms with Crippen molar-refractivity contribution >= 4 is 11.0 Å². The topological polar surface area (TPSA) is 73.4 Å². The average molecular weight is 318 g/mol. The van der Waals surface area contributed by atoms with Crippen LogP contribution >= 0.6 is 0 Å². The van der Waals surface area contributed by atoms with Crippen LogP contribution in [-0.2, 0) is 0 Å². The van der Waals surface area contributed by atoms with Crippen molar-refractivity contribution in [3.8, 4) is 5.75 Å². The first-order chi connectivity index (χ1) is 11.2. The van der Waals surface area contributed by atoms with Crippen molar-refractivity contribution in [2.24, 2.45) is 11.7 Å². The van der Waals surface area contributed by atoms with E-state index < -0.39 is 5.82 Å². The summed E-state index contributed by atoms with van der Waals surface area (Å²) in [5.41, 5.74) is 6.63. The zero-order valence-electron chi connectivity index (χ0n) is 12.7. The zero-order chi connectivity index (χ0) is 16.0. The molecule has 2 N–H and O–H groups in total. The third-order valence-corrected chi connectivity index (χ3v) is 4.81. The highest BCUT2D eigenvalue weighted by atomic mass is 19.1. The largest absolute Gasteiger partial charge is 0.486 e. The Morgan fingerprint density at radius 3 is 3.09 bits per heavy atom. The van der Waals surface area contributed by atoms with Crippen molar-refractivity contribution in [1.29, 1.82) is 0 Å². The summed E-state index contributed by atoms with van der Waals surface area (Å²) in [7, 11) is 0. The van der Waals surface area contributed by atoms with Gasteiger partial charge < -0.3 is 15.4 Å². The minimum atomic E-state index is -0.528. The molecular weight excluding hydrogens is 299 g/mol. The number of hydrogen-bond acceptors (Lipinski definition) is 5. The zero-order valence-corrected chi connectivity index (χ0v) is 12.7. The molecule has 0 saturated carbocycles. The molecule has 0 radical (unpaired) electrons. The van der Waals surface area contributed by atoms with Gasteiger partial charge in [-0.2, -0.15) is 0 Å². The van der Waals surface area contributed by atoms with E-state index in [4.69, 9.17) is 10.5 Å². The predicted octanol–water partition coefficient (Wildman–Crippen LogP) is 0.750. The van der Waals surface area contributed by atoms with Gasteiger partial charge in [0.2, 0.25) is 0 Å². The summed E-state index contributed by atoms with van der Waals surface area (Å²) in [5, 5.41) is 0. The molecule has 7 heteroatoms.